The molecule has 25 heavy (non-hydrogen) atoms. The first kappa shape index (κ1) is 18.4. The molecule has 2 fully saturated rings. The first-order valence-electron chi connectivity index (χ1n) is 9.32. The maximum absolute atomic E-state index is 12.8. The fourth-order valence-electron chi connectivity index (χ4n) is 3.74. The van der Waals surface area contributed by atoms with E-state index in [4.69, 9.17) is 16.3 Å². The lowest BCUT2D eigenvalue weighted by Crippen LogP contribution is -2.46. The minimum atomic E-state index is 0.0398. The van der Waals surface area contributed by atoms with Crippen LogP contribution in [0.2, 0.25) is 5.02 Å². The molecule has 3 atom stereocenters. The zero-order valence-corrected chi connectivity index (χ0v) is 15.5. The Morgan fingerprint density at radius 2 is 2.04 bits per heavy atom. The molecular weight excluding hydrogens is 340 g/mol. The standard InChI is InChI=1S/C18H27ClN4O2/c1-2-9-25-16-6-5-13(17(24)23-7-3-4-8-23)10-15(16)22-18-20-11-14(19)12-21-18/h11-13,15-16H,2-10H2,1H3,(H,20,21,22)/t13-,15+,16+/m0/s1. The van der Waals surface area contributed by atoms with Gasteiger partial charge in [0.15, 0.2) is 0 Å². The summed E-state index contributed by atoms with van der Waals surface area (Å²) in [6, 6.07) is 0.0398. The van der Waals surface area contributed by atoms with Crippen molar-refractivity contribution in [1.82, 2.24) is 14.9 Å². The van der Waals surface area contributed by atoms with Crippen molar-refractivity contribution in [1.29, 1.82) is 0 Å². The highest BCUT2D eigenvalue weighted by Gasteiger charge is 2.37. The molecule has 3 rings (SSSR count). The number of nitrogens with zero attached hydrogens (tertiary/aromatic N) is 3. The largest absolute Gasteiger partial charge is 0.376 e. The third-order valence-electron chi connectivity index (χ3n) is 5.02. The molecule has 2 aliphatic rings. The second-order valence-corrected chi connectivity index (χ2v) is 7.36. The summed E-state index contributed by atoms with van der Waals surface area (Å²) >= 11 is 5.86. The smallest absolute Gasteiger partial charge is 0.225 e. The predicted molar refractivity (Wildman–Crippen MR) is 97.6 cm³/mol. The van der Waals surface area contributed by atoms with E-state index in [1.165, 1.54) is 0 Å². The van der Waals surface area contributed by atoms with E-state index in [9.17, 15) is 4.79 Å². The van der Waals surface area contributed by atoms with Gasteiger partial charge in [-0.3, -0.25) is 4.79 Å². The maximum Gasteiger partial charge on any atom is 0.225 e. The zero-order valence-electron chi connectivity index (χ0n) is 14.8. The molecule has 1 amide bonds. The van der Waals surface area contributed by atoms with E-state index < -0.39 is 0 Å². The van der Waals surface area contributed by atoms with Gasteiger partial charge in [0.2, 0.25) is 11.9 Å². The molecule has 1 aliphatic heterocycles. The van der Waals surface area contributed by atoms with E-state index in [1.54, 1.807) is 12.4 Å². The SMILES string of the molecule is CCCO[C@@H]1CC[C@H](C(=O)N2CCCC2)C[C@H]1Nc1ncc(Cl)cn1. The summed E-state index contributed by atoms with van der Waals surface area (Å²) < 4.78 is 6.03. The van der Waals surface area contributed by atoms with Crippen LogP contribution in [0.25, 0.3) is 0 Å². The Hall–Kier alpha value is -1.40. The topological polar surface area (TPSA) is 67.3 Å². The van der Waals surface area contributed by atoms with Gasteiger partial charge in [-0.15, -0.1) is 0 Å². The summed E-state index contributed by atoms with van der Waals surface area (Å²) in [6.07, 6.45) is 9.01. The summed E-state index contributed by atoms with van der Waals surface area (Å²) in [4.78, 5) is 23.3. The van der Waals surface area contributed by atoms with Crippen molar-refractivity contribution >= 4 is 23.5 Å². The highest BCUT2D eigenvalue weighted by molar-refractivity contribution is 6.30. The number of carbonyl (C=O) groups is 1. The molecule has 1 saturated carbocycles. The molecule has 1 aromatic heterocycles. The highest BCUT2D eigenvalue weighted by atomic mass is 35.5. The summed E-state index contributed by atoms with van der Waals surface area (Å²) in [5.41, 5.74) is 0. The molecule has 0 radical (unpaired) electrons. The molecule has 1 saturated heterocycles. The Morgan fingerprint density at radius 3 is 2.72 bits per heavy atom. The van der Waals surface area contributed by atoms with Crippen molar-refractivity contribution in [3.8, 4) is 0 Å². The maximum atomic E-state index is 12.8. The predicted octanol–water partition coefficient (Wildman–Crippen LogP) is 3.13. The first-order valence-corrected chi connectivity index (χ1v) is 9.69. The molecule has 6 nitrogen and oxygen atoms in total. The molecule has 1 N–H and O–H groups in total. The van der Waals surface area contributed by atoms with Gasteiger partial charge in [-0.2, -0.15) is 0 Å². The molecule has 0 unspecified atom stereocenters. The van der Waals surface area contributed by atoms with E-state index in [0.717, 1.165) is 58.2 Å². The fourth-order valence-corrected chi connectivity index (χ4v) is 3.83. The van der Waals surface area contributed by atoms with Gasteiger partial charge in [-0.05, 0) is 38.5 Å². The lowest BCUT2D eigenvalue weighted by atomic mass is 9.82. The van der Waals surface area contributed by atoms with Crippen LogP contribution in [0, 0.1) is 5.92 Å². The van der Waals surface area contributed by atoms with Gasteiger partial charge in [0.05, 0.1) is 29.6 Å². The van der Waals surface area contributed by atoms with Crippen LogP contribution in [0.4, 0.5) is 5.95 Å². The van der Waals surface area contributed by atoms with Crippen LogP contribution in [0.1, 0.15) is 45.4 Å². The van der Waals surface area contributed by atoms with Crippen LogP contribution in [0.15, 0.2) is 12.4 Å². The minimum absolute atomic E-state index is 0.0398. The number of rotatable bonds is 6. The average molecular weight is 367 g/mol. The third kappa shape index (κ3) is 4.82. The monoisotopic (exact) mass is 366 g/mol. The lowest BCUT2D eigenvalue weighted by molar-refractivity contribution is -0.136. The Labute approximate surface area is 154 Å². The van der Waals surface area contributed by atoms with E-state index in [-0.39, 0.29) is 18.1 Å². The number of aromatic nitrogens is 2. The Bertz CT molecular complexity index is 563. The van der Waals surface area contributed by atoms with Crippen LogP contribution in [-0.2, 0) is 9.53 Å². The number of nitrogens with one attached hydrogen (secondary N) is 1. The molecule has 1 aromatic rings. The second kappa shape index (κ2) is 8.81. The zero-order chi connectivity index (χ0) is 17.6. The molecule has 0 spiro atoms. The number of carbonyl (C=O) groups excluding carboxylic acids is 1. The van der Waals surface area contributed by atoms with Gasteiger partial charge in [0.1, 0.15) is 0 Å². The number of hydrogen-bond acceptors (Lipinski definition) is 5. The van der Waals surface area contributed by atoms with Gasteiger partial charge in [-0.1, -0.05) is 18.5 Å². The van der Waals surface area contributed by atoms with Gasteiger partial charge in [0.25, 0.3) is 0 Å². The molecule has 7 heteroatoms. The van der Waals surface area contributed by atoms with Crippen LogP contribution < -0.4 is 5.32 Å². The lowest BCUT2D eigenvalue weighted by Gasteiger charge is -2.37. The quantitative estimate of drug-likeness (QED) is 0.837. The summed E-state index contributed by atoms with van der Waals surface area (Å²) in [7, 11) is 0. The fraction of sp³-hybridized carbons (Fsp3) is 0.722. The number of halogens is 1. The number of amides is 1. The van der Waals surface area contributed by atoms with Crippen LogP contribution in [-0.4, -0.2) is 52.6 Å². The molecular formula is C18H27ClN4O2. The van der Waals surface area contributed by atoms with Gasteiger partial charge in [-0.25, -0.2) is 9.97 Å². The van der Waals surface area contributed by atoms with E-state index in [1.807, 2.05) is 4.90 Å². The van der Waals surface area contributed by atoms with Gasteiger partial charge in [0, 0.05) is 25.6 Å². The van der Waals surface area contributed by atoms with E-state index >= 15 is 0 Å². The van der Waals surface area contributed by atoms with Gasteiger partial charge < -0.3 is 15.0 Å². The van der Waals surface area contributed by atoms with Gasteiger partial charge >= 0.3 is 0 Å². The molecule has 2 heterocycles. The number of anilines is 1. The summed E-state index contributed by atoms with van der Waals surface area (Å²) in [6.45, 7) is 4.65. The number of ether oxygens (including phenoxy) is 1. The normalized spacial score (nSPS) is 26.6. The number of hydrogen-bond donors (Lipinski definition) is 1. The highest BCUT2D eigenvalue weighted by Crippen LogP contribution is 2.31. The molecule has 0 bridgehead atoms. The van der Waals surface area contributed by atoms with Crippen molar-refractivity contribution in [3.63, 3.8) is 0 Å². The molecule has 0 aromatic carbocycles. The van der Waals surface area contributed by atoms with E-state index in [0.29, 0.717) is 16.9 Å². The summed E-state index contributed by atoms with van der Waals surface area (Å²) in [5, 5.41) is 3.88. The van der Waals surface area contributed by atoms with Crippen molar-refractivity contribution in [2.24, 2.45) is 5.92 Å². The minimum Gasteiger partial charge on any atom is -0.376 e. The molecule has 1 aliphatic carbocycles. The Kier molecular flexibility index (Phi) is 6.48. The van der Waals surface area contributed by atoms with Crippen molar-refractivity contribution in [3.05, 3.63) is 17.4 Å². The van der Waals surface area contributed by atoms with Crippen LogP contribution >= 0.6 is 11.6 Å². The van der Waals surface area contributed by atoms with Crippen molar-refractivity contribution in [2.75, 3.05) is 25.0 Å². The third-order valence-corrected chi connectivity index (χ3v) is 5.22. The number of likely N-dealkylation sites (tertiary alicyclic amines) is 1. The van der Waals surface area contributed by atoms with Crippen molar-refractivity contribution < 1.29 is 9.53 Å². The van der Waals surface area contributed by atoms with Crippen LogP contribution in [0.3, 0.4) is 0 Å². The summed E-state index contributed by atoms with van der Waals surface area (Å²) in [5.74, 6) is 0.897. The van der Waals surface area contributed by atoms with Crippen molar-refractivity contribution in [2.45, 2.75) is 57.6 Å². The molecule has 138 valence electrons. The average Bonchev–Trinajstić information content (AvgIpc) is 3.16. The second-order valence-electron chi connectivity index (χ2n) is 6.93. The Morgan fingerprint density at radius 1 is 1.32 bits per heavy atom. The van der Waals surface area contributed by atoms with Crippen LogP contribution in [0.5, 0.6) is 0 Å². The first-order chi connectivity index (χ1) is 12.2. The van der Waals surface area contributed by atoms with E-state index in [2.05, 4.69) is 22.2 Å². The Balaban J connectivity index is 1.66.